The smallest absolute Gasteiger partial charge is 0.306 e. The number of aryl methyl sites for hydroxylation is 1. The largest absolute Gasteiger partial charge is 0.453 e. The summed E-state index contributed by atoms with van der Waals surface area (Å²) in [5, 5.41) is 2.60. The van der Waals surface area contributed by atoms with E-state index in [4.69, 9.17) is 9.47 Å². The predicted molar refractivity (Wildman–Crippen MR) is 144 cm³/mol. The molecule has 2 aromatic carbocycles. The third-order valence-electron chi connectivity index (χ3n) is 6.63. The number of hydrogen-bond donors (Lipinski definition) is 1. The number of para-hydroxylation sites is 1. The van der Waals surface area contributed by atoms with E-state index in [9.17, 15) is 22.8 Å². The van der Waals surface area contributed by atoms with Gasteiger partial charge in [0.15, 0.2) is 6.10 Å². The monoisotopic (exact) mass is 556 g/mol. The number of amides is 1. The molecule has 1 aliphatic heterocycles. The van der Waals surface area contributed by atoms with Crippen molar-refractivity contribution in [3.8, 4) is 5.69 Å². The topological polar surface area (TPSA) is 129 Å². The van der Waals surface area contributed by atoms with E-state index in [1.54, 1.807) is 42.9 Å². The summed E-state index contributed by atoms with van der Waals surface area (Å²) >= 11 is 0. The van der Waals surface area contributed by atoms with Gasteiger partial charge in [-0.2, -0.15) is 4.31 Å². The molecule has 0 radical (unpaired) electrons. The van der Waals surface area contributed by atoms with Gasteiger partial charge in [-0.15, -0.1) is 0 Å². The molecule has 12 heteroatoms. The van der Waals surface area contributed by atoms with E-state index in [0.29, 0.717) is 44.1 Å². The van der Waals surface area contributed by atoms with E-state index in [2.05, 4.69) is 5.32 Å². The minimum absolute atomic E-state index is 0.00163. The fraction of sp³-hybridized carbons (Fsp3) is 0.370. The third kappa shape index (κ3) is 6.29. The van der Waals surface area contributed by atoms with E-state index in [1.165, 1.54) is 28.0 Å². The van der Waals surface area contributed by atoms with Gasteiger partial charge >= 0.3 is 5.97 Å². The first kappa shape index (κ1) is 28.3. The van der Waals surface area contributed by atoms with Crippen LogP contribution in [-0.2, 0) is 42.6 Å². The first-order valence-corrected chi connectivity index (χ1v) is 14.0. The second kappa shape index (κ2) is 12.0. The maximum absolute atomic E-state index is 13.0. The highest BCUT2D eigenvalue weighted by Crippen LogP contribution is 2.19. The van der Waals surface area contributed by atoms with E-state index in [0.717, 1.165) is 5.56 Å². The van der Waals surface area contributed by atoms with Crippen molar-refractivity contribution in [1.82, 2.24) is 13.7 Å². The third-order valence-corrected chi connectivity index (χ3v) is 8.54. The fourth-order valence-corrected chi connectivity index (χ4v) is 5.67. The number of aromatic nitrogens is 2. The summed E-state index contributed by atoms with van der Waals surface area (Å²) in [6.07, 6.45) is -0.814. The molecule has 1 fully saturated rings. The second-order valence-electron chi connectivity index (χ2n) is 9.22. The Morgan fingerprint density at radius 2 is 1.69 bits per heavy atom. The van der Waals surface area contributed by atoms with Gasteiger partial charge in [0.25, 0.3) is 11.5 Å². The number of nitrogens with one attached hydrogen (secondary N) is 1. The molecule has 0 saturated carbocycles. The Balaban J connectivity index is 1.32. The summed E-state index contributed by atoms with van der Waals surface area (Å²) in [4.78, 5) is 38.3. The van der Waals surface area contributed by atoms with Crippen molar-refractivity contribution in [1.29, 1.82) is 0 Å². The van der Waals surface area contributed by atoms with Gasteiger partial charge in [-0.3, -0.25) is 19.1 Å². The Morgan fingerprint density at radius 1 is 1.05 bits per heavy atom. The normalized spacial score (nSPS) is 15.1. The Hall–Kier alpha value is -3.74. The molecule has 208 valence electrons. The lowest BCUT2D eigenvalue weighted by Crippen LogP contribution is -2.40. The molecule has 1 aromatic heterocycles. The fourth-order valence-electron chi connectivity index (χ4n) is 4.26. The number of rotatable bonds is 9. The summed E-state index contributed by atoms with van der Waals surface area (Å²) in [6, 6.07) is 15.4. The van der Waals surface area contributed by atoms with Crippen molar-refractivity contribution >= 4 is 27.6 Å². The van der Waals surface area contributed by atoms with Crippen molar-refractivity contribution in [3.05, 3.63) is 76.2 Å². The minimum Gasteiger partial charge on any atom is -0.453 e. The average molecular weight is 557 g/mol. The molecule has 1 unspecified atom stereocenters. The number of nitrogens with zero attached hydrogens (tertiary/aromatic N) is 3. The lowest BCUT2D eigenvalue weighted by atomic mass is 10.1. The SMILES string of the molecule is Cc1c(NC(=O)C(C)OC(=O)CCc2ccc(S(=O)(=O)N3CCOCC3)cc2)c(=O)n(-c2ccccc2)n1C. The average Bonchev–Trinajstić information content (AvgIpc) is 3.15. The number of carbonyl (C=O) groups is 2. The molecule has 3 aromatic rings. The van der Waals surface area contributed by atoms with Gasteiger partial charge in [0, 0.05) is 26.6 Å². The lowest BCUT2D eigenvalue weighted by molar-refractivity contribution is -0.153. The zero-order valence-corrected chi connectivity index (χ0v) is 22.9. The van der Waals surface area contributed by atoms with Crippen LogP contribution in [-0.4, -0.2) is 66.4 Å². The van der Waals surface area contributed by atoms with Crippen molar-refractivity contribution in [2.75, 3.05) is 31.6 Å². The van der Waals surface area contributed by atoms with Crippen LogP contribution in [0.4, 0.5) is 5.69 Å². The van der Waals surface area contributed by atoms with Gasteiger partial charge in [-0.25, -0.2) is 13.1 Å². The van der Waals surface area contributed by atoms with Crippen LogP contribution in [0.1, 0.15) is 24.6 Å². The Morgan fingerprint density at radius 3 is 2.33 bits per heavy atom. The van der Waals surface area contributed by atoms with Crippen LogP contribution in [0, 0.1) is 6.92 Å². The molecule has 1 N–H and O–H groups in total. The number of ether oxygens (including phenoxy) is 2. The number of benzene rings is 2. The first-order chi connectivity index (χ1) is 18.6. The zero-order chi connectivity index (χ0) is 28.2. The van der Waals surface area contributed by atoms with Crippen LogP contribution in [0.3, 0.4) is 0 Å². The molecule has 1 saturated heterocycles. The van der Waals surface area contributed by atoms with Crippen LogP contribution in [0.25, 0.3) is 5.69 Å². The summed E-state index contributed by atoms with van der Waals surface area (Å²) in [6.45, 7) is 4.51. The van der Waals surface area contributed by atoms with Crippen LogP contribution < -0.4 is 10.9 Å². The number of carbonyl (C=O) groups excluding carboxylic acids is 2. The number of hydrogen-bond acceptors (Lipinski definition) is 7. The minimum atomic E-state index is -3.59. The zero-order valence-electron chi connectivity index (χ0n) is 22.1. The van der Waals surface area contributed by atoms with E-state index in [-0.39, 0.29) is 17.0 Å². The van der Waals surface area contributed by atoms with Crippen molar-refractivity contribution < 1.29 is 27.5 Å². The highest BCUT2D eigenvalue weighted by molar-refractivity contribution is 7.89. The van der Waals surface area contributed by atoms with Gasteiger partial charge < -0.3 is 14.8 Å². The lowest BCUT2D eigenvalue weighted by Gasteiger charge is -2.26. The van der Waals surface area contributed by atoms with Crippen LogP contribution in [0.5, 0.6) is 0 Å². The molecule has 39 heavy (non-hydrogen) atoms. The van der Waals surface area contributed by atoms with Gasteiger partial charge in [0.05, 0.1) is 29.5 Å². The summed E-state index contributed by atoms with van der Waals surface area (Å²) < 4.78 is 40.5. The maximum Gasteiger partial charge on any atom is 0.306 e. The Labute approximate surface area is 227 Å². The highest BCUT2D eigenvalue weighted by atomic mass is 32.2. The highest BCUT2D eigenvalue weighted by Gasteiger charge is 2.26. The number of sulfonamides is 1. The molecule has 0 bridgehead atoms. The van der Waals surface area contributed by atoms with Crippen molar-refractivity contribution in [3.63, 3.8) is 0 Å². The predicted octanol–water partition coefficient (Wildman–Crippen LogP) is 2.01. The molecule has 1 aliphatic rings. The summed E-state index contributed by atoms with van der Waals surface area (Å²) in [7, 11) is -1.88. The summed E-state index contributed by atoms with van der Waals surface area (Å²) in [5.74, 6) is -1.21. The number of anilines is 1. The van der Waals surface area contributed by atoms with Crippen LogP contribution >= 0.6 is 0 Å². The van der Waals surface area contributed by atoms with Crippen LogP contribution in [0.2, 0.25) is 0 Å². The van der Waals surface area contributed by atoms with Crippen molar-refractivity contribution in [2.24, 2.45) is 7.05 Å². The molecule has 4 rings (SSSR count). The first-order valence-electron chi connectivity index (χ1n) is 12.6. The standard InChI is InChI=1S/C27H32N4O7S/c1-19-25(27(34)31(29(19)3)22-7-5-4-6-8-22)28-26(33)20(2)38-24(32)14-11-21-9-12-23(13-10-21)39(35,36)30-15-17-37-18-16-30/h4-10,12-13,20H,11,14-18H2,1-3H3,(H,28,33). The van der Waals surface area contributed by atoms with E-state index < -0.39 is 33.6 Å². The van der Waals surface area contributed by atoms with Crippen LogP contribution in [0.15, 0.2) is 64.3 Å². The Kier molecular flexibility index (Phi) is 8.68. The van der Waals surface area contributed by atoms with E-state index >= 15 is 0 Å². The van der Waals surface area contributed by atoms with E-state index in [1.807, 2.05) is 18.2 Å². The Bertz CT molecular complexity index is 1490. The molecule has 2 heterocycles. The van der Waals surface area contributed by atoms with Gasteiger partial charge in [0.2, 0.25) is 10.0 Å². The van der Waals surface area contributed by atoms with Gasteiger partial charge in [0.1, 0.15) is 5.69 Å². The molecular formula is C27H32N4O7S. The second-order valence-corrected chi connectivity index (χ2v) is 11.2. The van der Waals surface area contributed by atoms with Crippen molar-refractivity contribution in [2.45, 2.75) is 37.7 Å². The quantitative estimate of drug-likeness (QED) is 0.399. The molecule has 11 nitrogen and oxygen atoms in total. The molecule has 1 amide bonds. The number of esters is 1. The summed E-state index contributed by atoms with van der Waals surface area (Å²) in [5.41, 5.74) is 1.68. The molecular weight excluding hydrogens is 524 g/mol. The molecule has 1 atom stereocenters. The maximum atomic E-state index is 13.0. The van der Waals surface area contributed by atoms with Gasteiger partial charge in [-0.05, 0) is 50.1 Å². The molecule has 0 spiro atoms. The number of morpholine rings is 1. The van der Waals surface area contributed by atoms with Gasteiger partial charge in [-0.1, -0.05) is 30.3 Å². The molecule has 0 aliphatic carbocycles.